The lowest BCUT2D eigenvalue weighted by molar-refractivity contribution is 0.338. The predicted octanol–water partition coefficient (Wildman–Crippen LogP) is 3.38. The van der Waals surface area contributed by atoms with Crippen LogP contribution in [0.1, 0.15) is 24.8 Å². The monoisotopic (exact) mass is 483 g/mol. The van der Waals surface area contributed by atoms with E-state index in [1.807, 2.05) is 12.1 Å². The number of methoxy groups -OCH3 is 2. The van der Waals surface area contributed by atoms with Crippen molar-refractivity contribution in [1.82, 2.24) is 4.90 Å². The molecule has 0 saturated carbocycles. The van der Waals surface area contributed by atoms with E-state index in [1.165, 1.54) is 19.3 Å². The molecule has 1 aromatic rings. The van der Waals surface area contributed by atoms with Gasteiger partial charge >= 0.3 is 0 Å². The number of rotatable bonds is 4. The number of nitrogens with zero attached hydrogens (tertiary/aromatic N) is 2. The molecule has 124 valence electrons. The highest BCUT2D eigenvalue weighted by molar-refractivity contribution is 14.0. The fourth-order valence-electron chi connectivity index (χ4n) is 2.46. The fraction of sp³-hybridized carbons (Fsp3) is 0.533. The van der Waals surface area contributed by atoms with E-state index >= 15 is 0 Å². The highest BCUT2D eigenvalue weighted by atomic mass is 127. The minimum Gasteiger partial charge on any atom is -0.493 e. The van der Waals surface area contributed by atoms with E-state index in [9.17, 15) is 0 Å². The third-order valence-corrected chi connectivity index (χ3v) is 4.19. The molecule has 0 bridgehead atoms. The summed E-state index contributed by atoms with van der Waals surface area (Å²) in [6.45, 7) is 2.54. The molecule has 1 heterocycles. The summed E-state index contributed by atoms with van der Waals surface area (Å²) in [7, 11) is 3.24. The van der Waals surface area contributed by atoms with E-state index in [4.69, 9.17) is 15.2 Å². The Balaban J connectivity index is 0.00000242. The molecule has 1 aromatic carbocycles. The van der Waals surface area contributed by atoms with Gasteiger partial charge in [-0.15, -0.1) is 24.0 Å². The van der Waals surface area contributed by atoms with Gasteiger partial charge in [0.15, 0.2) is 17.5 Å². The molecule has 5 nitrogen and oxygen atoms in total. The second kappa shape index (κ2) is 9.44. The van der Waals surface area contributed by atoms with Crippen LogP contribution in [0.15, 0.2) is 21.6 Å². The molecular weight excluding hydrogens is 461 g/mol. The van der Waals surface area contributed by atoms with Crippen LogP contribution >= 0.6 is 39.9 Å². The van der Waals surface area contributed by atoms with Crippen molar-refractivity contribution in [2.75, 3.05) is 27.3 Å². The van der Waals surface area contributed by atoms with E-state index in [2.05, 4.69) is 25.8 Å². The number of likely N-dealkylation sites (tertiary alicyclic amines) is 1. The van der Waals surface area contributed by atoms with Crippen molar-refractivity contribution in [3.63, 3.8) is 0 Å². The number of nitrogens with two attached hydrogens (primary N) is 1. The van der Waals surface area contributed by atoms with Gasteiger partial charge in [-0.2, -0.15) is 0 Å². The van der Waals surface area contributed by atoms with Gasteiger partial charge in [-0.25, -0.2) is 4.99 Å². The quantitative estimate of drug-likeness (QED) is 0.405. The number of ether oxygens (including phenoxy) is 2. The lowest BCUT2D eigenvalue weighted by atomic mass is 10.1. The Morgan fingerprint density at radius 1 is 1.23 bits per heavy atom. The van der Waals surface area contributed by atoms with Crippen LogP contribution in [0, 0.1) is 0 Å². The molecular formula is C15H23BrIN3O2. The van der Waals surface area contributed by atoms with E-state index < -0.39 is 0 Å². The van der Waals surface area contributed by atoms with E-state index in [-0.39, 0.29) is 24.0 Å². The van der Waals surface area contributed by atoms with Gasteiger partial charge in [-0.1, -0.05) is 0 Å². The number of halogens is 2. The van der Waals surface area contributed by atoms with E-state index in [0.29, 0.717) is 24.0 Å². The van der Waals surface area contributed by atoms with Gasteiger partial charge in [-0.3, -0.25) is 0 Å². The van der Waals surface area contributed by atoms with Gasteiger partial charge in [0.25, 0.3) is 0 Å². The van der Waals surface area contributed by atoms with Crippen LogP contribution in [0.2, 0.25) is 0 Å². The normalized spacial score (nSPS) is 15.2. The number of hydrogen-bond acceptors (Lipinski definition) is 3. The number of benzene rings is 1. The van der Waals surface area contributed by atoms with E-state index in [0.717, 1.165) is 23.1 Å². The van der Waals surface area contributed by atoms with Gasteiger partial charge in [0, 0.05) is 13.1 Å². The minimum atomic E-state index is 0. The highest BCUT2D eigenvalue weighted by Gasteiger charge is 2.13. The number of hydrogen-bond donors (Lipinski definition) is 1. The van der Waals surface area contributed by atoms with Crippen LogP contribution in [0.3, 0.4) is 0 Å². The molecule has 22 heavy (non-hydrogen) atoms. The first-order valence-corrected chi connectivity index (χ1v) is 7.90. The lowest BCUT2D eigenvalue weighted by Gasteiger charge is -2.27. The summed E-state index contributed by atoms with van der Waals surface area (Å²) in [4.78, 5) is 6.65. The summed E-state index contributed by atoms with van der Waals surface area (Å²) < 4.78 is 11.5. The summed E-state index contributed by atoms with van der Waals surface area (Å²) in [5, 5.41) is 0. The summed E-state index contributed by atoms with van der Waals surface area (Å²) in [5.74, 6) is 2.00. The Bertz CT molecular complexity index is 520. The summed E-state index contributed by atoms with van der Waals surface area (Å²) in [6, 6.07) is 3.91. The average Bonchev–Trinajstić information content (AvgIpc) is 2.52. The summed E-state index contributed by atoms with van der Waals surface area (Å²) in [6.07, 6.45) is 3.67. The topological polar surface area (TPSA) is 60.1 Å². The fourth-order valence-corrected chi connectivity index (χ4v) is 3.11. The van der Waals surface area contributed by atoms with Crippen LogP contribution in [0.4, 0.5) is 0 Å². The van der Waals surface area contributed by atoms with Crippen molar-refractivity contribution < 1.29 is 9.47 Å². The third kappa shape index (κ3) is 4.91. The molecule has 1 saturated heterocycles. The molecule has 1 fully saturated rings. The molecule has 0 amide bonds. The summed E-state index contributed by atoms with van der Waals surface area (Å²) >= 11 is 3.49. The van der Waals surface area contributed by atoms with Crippen molar-refractivity contribution in [1.29, 1.82) is 0 Å². The van der Waals surface area contributed by atoms with Gasteiger partial charge in [0.2, 0.25) is 0 Å². The predicted molar refractivity (Wildman–Crippen MR) is 103 cm³/mol. The number of guanidine groups is 1. The van der Waals surface area contributed by atoms with Crippen molar-refractivity contribution in [3.05, 3.63) is 22.2 Å². The lowest BCUT2D eigenvalue weighted by Crippen LogP contribution is -2.40. The highest BCUT2D eigenvalue weighted by Crippen LogP contribution is 2.36. The van der Waals surface area contributed by atoms with Crippen LogP contribution in [-0.2, 0) is 6.54 Å². The second-order valence-corrected chi connectivity index (χ2v) is 5.89. The third-order valence-electron chi connectivity index (χ3n) is 3.60. The molecule has 1 aliphatic heterocycles. The average molecular weight is 484 g/mol. The van der Waals surface area contributed by atoms with Crippen molar-refractivity contribution in [2.45, 2.75) is 25.8 Å². The van der Waals surface area contributed by atoms with Crippen molar-refractivity contribution in [2.24, 2.45) is 10.7 Å². The Morgan fingerprint density at radius 3 is 2.50 bits per heavy atom. The smallest absolute Gasteiger partial charge is 0.191 e. The Morgan fingerprint density at radius 2 is 1.91 bits per heavy atom. The van der Waals surface area contributed by atoms with Crippen LogP contribution in [0.25, 0.3) is 0 Å². The van der Waals surface area contributed by atoms with Gasteiger partial charge < -0.3 is 20.1 Å². The molecule has 0 atom stereocenters. The van der Waals surface area contributed by atoms with Crippen LogP contribution in [-0.4, -0.2) is 38.2 Å². The second-order valence-electron chi connectivity index (χ2n) is 5.04. The maximum Gasteiger partial charge on any atom is 0.191 e. The van der Waals surface area contributed by atoms with Crippen LogP contribution < -0.4 is 15.2 Å². The van der Waals surface area contributed by atoms with Crippen molar-refractivity contribution >= 4 is 45.9 Å². The maximum absolute atomic E-state index is 6.07. The largest absolute Gasteiger partial charge is 0.493 e. The van der Waals surface area contributed by atoms with Gasteiger partial charge in [0.05, 0.1) is 25.2 Å². The minimum absolute atomic E-state index is 0. The molecule has 0 aromatic heterocycles. The molecule has 0 aliphatic carbocycles. The Labute approximate surface area is 157 Å². The van der Waals surface area contributed by atoms with Gasteiger partial charge in [0.1, 0.15) is 0 Å². The first-order valence-electron chi connectivity index (χ1n) is 7.11. The molecule has 2 N–H and O–H groups in total. The first kappa shape index (κ1) is 19.3. The number of piperidine rings is 1. The van der Waals surface area contributed by atoms with Crippen molar-refractivity contribution in [3.8, 4) is 11.5 Å². The molecule has 2 rings (SSSR count). The zero-order valence-corrected chi connectivity index (χ0v) is 16.9. The van der Waals surface area contributed by atoms with Gasteiger partial charge in [-0.05, 0) is 52.9 Å². The number of aliphatic imine (C=N–C) groups is 1. The molecule has 0 unspecified atom stereocenters. The van der Waals surface area contributed by atoms with E-state index in [1.54, 1.807) is 14.2 Å². The molecule has 0 spiro atoms. The Hall–Kier alpha value is -0.700. The standard InChI is InChI=1S/C15H22BrN3O2.HI/c1-20-13-9-11(8-12(16)14(13)21-2)10-18-15(17)19-6-4-3-5-7-19;/h8-9H,3-7,10H2,1-2H3,(H2,17,18);1H. The Kier molecular flexibility index (Phi) is 8.30. The maximum atomic E-state index is 6.07. The molecule has 0 radical (unpaired) electrons. The molecule has 7 heteroatoms. The van der Waals surface area contributed by atoms with Crippen LogP contribution in [0.5, 0.6) is 11.5 Å². The zero-order chi connectivity index (χ0) is 15.2. The summed E-state index contributed by atoms with van der Waals surface area (Å²) in [5.41, 5.74) is 7.10. The zero-order valence-electron chi connectivity index (χ0n) is 13.0. The molecule has 1 aliphatic rings. The first-order chi connectivity index (χ1) is 10.2. The SMILES string of the molecule is COc1cc(CN=C(N)N2CCCCC2)cc(Br)c1OC.I.